The van der Waals surface area contributed by atoms with Crippen LogP contribution >= 0.6 is 0 Å². The Morgan fingerprint density at radius 2 is 1.88 bits per heavy atom. The molecule has 2 aromatic carbocycles. The number of fused-ring (bicyclic) bond motifs is 1. The molecule has 25 heavy (non-hydrogen) atoms. The normalized spacial score (nSPS) is 13.5. The Morgan fingerprint density at radius 3 is 2.64 bits per heavy atom. The molecule has 2 N–H and O–H groups in total. The Hall–Kier alpha value is -2.73. The largest absolute Gasteiger partial charge is 0.508 e. The molecule has 0 saturated carbocycles. The Bertz CT molecular complexity index is 729. The van der Waals surface area contributed by atoms with Crippen molar-refractivity contribution in [2.75, 3.05) is 13.4 Å². The molecule has 1 aliphatic heterocycles. The van der Waals surface area contributed by atoms with Crippen molar-refractivity contribution < 1.29 is 24.1 Å². The van der Waals surface area contributed by atoms with E-state index >= 15 is 0 Å². The van der Waals surface area contributed by atoms with E-state index in [0.717, 1.165) is 16.9 Å². The summed E-state index contributed by atoms with van der Waals surface area (Å²) in [5, 5.41) is 12.6. The molecule has 132 valence electrons. The number of hydrogen-bond donors (Lipinski definition) is 2. The van der Waals surface area contributed by atoms with Gasteiger partial charge in [0.1, 0.15) is 11.8 Å². The SMILES string of the molecule is CCOC(=O)C(Cc1ccc(O)cc1)NCc1ccc2c(c1)OCO2. The van der Waals surface area contributed by atoms with Gasteiger partial charge in [0.2, 0.25) is 6.79 Å². The first-order valence-electron chi connectivity index (χ1n) is 8.22. The van der Waals surface area contributed by atoms with Crippen LogP contribution < -0.4 is 14.8 Å². The maximum absolute atomic E-state index is 12.2. The average Bonchev–Trinajstić information content (AvgIpc) is 3.08. The predicted octanol–water partition coefficient (Wildman–Crippen LogP) is 2.38. The van der Waals surface area contributed by atoms with E-state index in [-0.39, 0.29) is 18.5 Å². The van der Waals surface area contributed by atoms with Crippen LogP contribution in [-0.4, -0.2) is 30.5 Å². The number of phenols is 1. The fraction of sp³-hybridized carbons (Fsp3) is 0.316. The molecule has 1 aliphatic rings. The number of carbonyl (C=O) groups is 1. The van der Waals surface area contributed by atoms with E-state index in [2.05, 4.69) is 5.32 Å². The van der Waals surface area contributed by atoms with Crippen molar-refractivity contribution in [2.45, 2.75) is 25.9 Å². The smallest absolute Gasteiger partial charge is 0.323 e. The number of nitrogens with one attached hydrogen (secondary N) is 1. The van der Waals surface area contributed by atoms with E-state index in [0.29, 0.717) is 25.3 Å². The quantitative estimate of drug-likeness (QED) is 0.752. The summed E-state index contributed by atoms with van der Waals surface area (Å²) in [6.07, 6.45) is 0.476. The third-order valence-corrected chi connectivity index (χ3v) is 3.94. The molecule has 0 spiro atoms. The fourth-order valence-electron chi connectivity index (χ4n) is 2.64. The van der Waals surface area contributed by atoms with E-state index in [1.165, 1.54) is 0 Å². The number of hydrogen-bond acceptors (Lipinski definition) is 6. The number of ether oxygens (including phenoxy) is 3. The molecule has 1 heterocycles. The van der Waals surface area contributed by atoms with Gasteiger partial charge < -0.3 is 24.6 Å². The van der Waals surface area contributed by atoms with Crippen LogP contribution in [0.1, 0.15) is 18.1 Å². The lowest BCUT2D eigenvalue weighted by Gasteiger charge is -2.17. The second-order valence-electron chi connectivity index (χ2n) is 5.74. The highest BCUT2D eigenvalue weighted by molar-refractivity contribution is 5.76. The number of phenolic OH excluding ortho intramolecular Hbond substituents is 1. The molecule has 6 nitrogen and oxygen atoms in total. The van der Waals surface area contributed by atoms with Crippen LogP contribution in [0.5, 0.6) is 17.2 Å². The van der Waals surface area contributed by atoms with Gasteiger partial charge in [-0.25, -0.2) is 0 Å². The van der Waals surface area contributed by atoms with Gasteiger partial charge in [0.05, 0.1) is 6.61 Å². The van der Waals surface area contributed by atoms with Gasteiger partial charge in [-0.1, -0.05) is 18.2 Å². The number of esters is 1. The average molecular weight is 343 g/mol. The first-order chi connectivity index (χ1) is 12.2. The zero-order chi connectivity index (χ0) is 17.6. The van der Waals surface area contributed by atoms with Gasteiger partial charge >= 0.3 is 5.97 Å². The first-order valence-corrected chi connectivity index (χ1v) is 8.22. The van der Waals surface area contributed by atoms with Crippen LogP contribution in [0.15, 0.2) is 42.5 Å². The highest BCUT2D eigenvalue weighted by atomic mass is 16.7. The second kappa shape index (κ2) is 7.90. The van der Waals surface area contributed by atoms with Crippen LogP contribution in [0.4, 0.5) is 0 Å². The molecule has 0 aliphatic carbocycles. The summed E-state index contributed by atoms with van der Waals surface area (Å²) in [6, 6.07) is 12.0. The second-order valence-corrected chi connectivity index (χ2v) is 5.74. The van der Waals surface area contributed by atoms with Gasteiger partial charge in [0, 0.05) is 6.54 Å². The van der Waals surface area contributed by atoms with Gasteiger partial charge in [-0.2, -0.15) is 0 Å². The number of benzene rings is 2. The van der Waals surface area contributed by atoms with E-state index in [9.17, 15) is 9.90 Å². The van der Waals surface area contributed by atoms with Crippen LogP contribution in [0.3, 0.4) is 0 Å². The molecule has 0 aromatic heterocycles. The van der Waals surface area contributed by atoms with E-state index in [1.807, 2.05) is 18.2 Å². The molecule has 3 rings (SSSR count). The lowest BCUT2D eigenvalue weighted by molar-refractivity contribution is -0.145. The third-order valence-electron chi connectivity index (χ3n) is 3.94. The van der Waals surface area contributed by atoms with Crippen LogP contribution in [0.25, 0.3) is 0 Å². The summed E-state index contributed by atoms with van der Waals surface area (Å²) < 4.78 is 15.8. The van der Waals surface area contributed by atoms with E-state index < -0.39 is 6.04 Å². The molecule has 0 amide bonds. The van der Waals surface area contributed by atoms with Crippen molar-refractivity contribution in [3.63, 3.8) is 0 Å². The Balaban J connectivity index is 1.66. The van der Waals surface area contributed by atoms with Gasteiger partial charge in [-0.3, -0.25) is 4.79 Å². The third kappa shape index (κ3) is 4.42. The summed E-state index contributed by atoms with van der Waals surface area (Å²) in [4.78, 5) is 12.2. The highest BCUT2D eigenvalue weighted by Gasteiger charge is 2.20. The molecule has 0 radical (unpaired) electrons. The standard InChI is InChI=1S/C19H21NO5/c1-2-23-19(22)16(9-13-3-6-15(21)7-4-13)20-11-14-5-8-17-18(10-14)25-12-24-17/h3-8,10,16,20-21H,2,9,11-12H2,1H3. The predicted molar refractivity (Wildman–Crippen MR) is 91.6 cm³/mol. The zero-order valence-electron chi connectivity index (χ0n) is 14.0. The Morgan fingerprint density at radius 1 is 1.16 bits per heavy atom. The molecular formula is C19H21NO5. The van der Waals surface area contributed by atoms with E-state index in [4.69, 9.17) is 14.2 Å². The molecular weight excluding hydrogens is 322 g/mol. The molecule has 0 saturated heterocycles. The fourth-order valence-corrected chi connectivity index (χ4v) is 2.64. The van der Waals surface area contributed by atoms with Crippen LogP contribution in [0.2, 0.25) is 0 Å². The molecule has 0 bridgehead atoms. The number of carbonyl (C=O) groups excluding carboxylic acids is 1. The van der Waals surface area contributed by atoms with Gasteiger partial charge in [0.15, 0.2) is 11.5 Å². The minimum atomic E-state index is -0.477. The molecule has 1 unspecified atom stereocenters. The summed E-state index contributed by atoms with van der Waals surface area (Å²) in [5.74, 6) is 1.35. The summed E-state index contributed by atoms with van der Waals surface area (Å²) in [6.45, 7) is 2.85. The van der Waals surface area contributed by atoms with Gasteiger partial charge in [-0.15, -0.1) is 0 Å². The van der Waals surface area contributed by atoms with Crippen molar-refractivity contribution in [3.8, 4) is 17.2 Å². The maximum Gasteiger partial charge on any atom is 0.323 e. The molecule has 1 atom stereocenters. The van der Waals surface area contributed by atoms with E-state index in [1.54, 1.807) is 31.2 Å². The minimum absolute atomic E-state index is 0.199. The van der Waals surface area contributed by atoms with Crippen molar-refractivity contribution in [3.05, 3.63) is 53.6 Å². The maximum atomic E-state index is 12.2. The van der Waals surface area contributed by atoms with Crippen LogP contribution in [0, 0.1) is 0 Å². The monoisotopic (exact) mass is 343 g/mol. The molecule has 6 heteroatoms. The van der Waals surface area contributed by atoms with Gasteiger partial charge in [0.25, 0.3) is 0 Å². The molecule has 2 aromatic rings. The number of aromatic hydroxyl groups is 1. The van der Waals surface area contributed by atoms with Crippen molar-refractivity contribution >= 4 is 5.97 Å². The molecule has 0 fully saturated rings. The zero-order valence-corrected chi connectivity index (χ0v) is 14.0. The van der Waals surface area contributed by atoms with Crippen LogP contribution in [-0.2, 0) is 22.5 Å². The lowest BCUT2D eigenvalue weighted by Crippen LogP contribution is -2.39. The van der Waals surface area contributed by atoms with Crippen molar-refractivity contribution in [2.24, 2.45) is 0 Å². The topological polar surface area (TPSA) is 77.0 Å². The summed E-state index contributed by atoms with van der Waals surface area (Å²) in [7, 11) is 0. The minimum Gasteiger partial charge on any atom is -0.508 e. The van der Waals surface area contributed by atoms with Crippen molar-refractivity contribution in [1.29, 1.82) is 0 Å². The summed E-state index contributed by atoms with van der Waals surface area (Å²) >= 11 is 0. The Labute approximate surface area is 146 Å². The number of rotatable bonds is 7. The first kappa shape index (κ1) is 17.1. The lowest BCUT2D eigenvalue weighted by atomic mass is 10.1. The highest BCUT2D eigenvalue weighted by Crippen LogP contribution is 2.32. The van der Waals surface area contributed by atoms with Gasteiger partial charge in [-0.05, 0) is 48.7 Å². The van der Waals surface area contributed by atoms with Crippen molar-refractivity contribution in [1.82, 2.24) is 5.32 Å². The summed E-state index contributed by atoms with van der Waals surface area (Å²) in [5.41, 5.74) is 1.93. The Kier molecular flexibility index (Phi) is 5.40.